The van der Waals surface area contributed by atoms with Gasteiger partial charge in [-0.05, 0) is 63.0 Å². The number of alkyl halides is 3. The maximum Gasteiger partial charge on any atom is 0.416 e. The Morgan fingerprint density at radius 2 is 1.69 bits per heavy atom. The van der Waals surface area contributed by atoms with Crippen LogP contribution in [0.25, 0.3) is 0 Å². The molecule has 0 unspecified atom stereocenters. The Hall–Kier alpha value is -4.63. The average molecular weight is 702 g/mol. The van der Waals surface area contributed by atoms with Gasteiger partial charge in [-0.3, -0.25) is 0 Å². The molecule has 0 spiro atoms. The molecule has 49 heavy (non-hydrogen) atoms. The fourth-order valence-corrected chi connectivity index (χ4v) is 7.35. The van der Waals surface area contributed by atoms with Crippen LogP contribution in [0.5, 0.6) is 23.1 Å². The number of methoxy groups -OCH3 is 3. The molecule has 0 saturated heterocycles. The smallest absolute Gasteiger partial charge is 0.416 e. The van der Waals surface area contributed by atoms with Gasteiger partial charge in [0, 0.05) is 36.0 Å². The van der Waals surface area contributed by atoms with E-state index in [0.29, 0.717) is 41.9 Å². The monoisotopic (exact) mass is 701 g/mol. The summed E-state index contributed by atoms with van der Waals surface area (Å²) in [6.07, 6.45) is 0.751. The molecule has 1 fully saturated rings. The molecule has 11 nitrogen and oxygen atoms in total. The molecule has 1 saturated carbocycles. The zero-order valence-electron chi connectivity index (χ0n) is 27.7. The van der Waals surface area contributed by atoms with Gasteiger partial charge in [-0.15, -0.1) is 0 Å². The average Bonchev–Trinajstić information content (AvgIpc) is 3.10. The molecule has 2 aromatic heterocycles. The van der Waals surface area contributed by atoms with E-state index < -0.39 is 21.8 Å². The molecule has 0 amide bonds. The van der Waals surface area contributed by atoms with Gasteiger partial charge in [0.05, 0.1) is 39.6 Å². The summed E-state index contributed by atoms with van der Waals surface area (Å²) in [7, 11) is 3.87. The van der Waals surface area contributed by atoms with E-state index in [1.807, 2.05) is 19.0 Å². The van der Waals surface area contributed by atoms with Gasteiger partial charge < -0.3 is 23.8 Å². The number of benzene rings is 2. The van der Waals surface area contributed by atoms with E-state index in [2.05, 4.69) is 15.0 Å². The Bertz CT molecular complexity index is 1850. The van der Waals surface area contributed by atoms with Crippen molar-refractivity contribution in [3.05, 3.63) is 90.0 Å². The number of pyridine rings is 1. The van der Waals surface area contributed by atoms with Gasteiger partial charge >= 0.3 is 6.18 Å². The Balaban J connectivity index is 1.41. The maximum absolute atomic E-state index is 14.2. The van der Waals surface area contributed by atoms with Crippen molar-refractivity contribution in [1.29, 1.82) is 0 Å². The van der Waals surface area contributed by atoms with Crippen LogP contribution in [-0.4, -0.2) is 75.8 Å². The van der Waals surface area contributed by atoms with Crippen molar-refractivity contribution in [2.75, 3.05) is 39.7 Å². The van der Waals surface area contributed by atoms with Crippen molar-refractivity contribution in [2.24, 2.45) is 0 Å². The van der Waals surface area contributed by atoms with Crippen molar-refractivity contribution in [1.82, 2.24) is 19.9 Å². The highest BCUT2D eigenvalue weighted by molar-refractivity contribution is 7.92. The summed E-state index contributed by atoms with van der Waals surface area (Å²) in [5, 5.41) is 0. The molecule has 2 heterocycles. The first-order chi connectivity index (χ1) is 23.3. The highest BCUT2D eigenvalue weighted by Gasteiger charge is 2.37. The molecule has 1 aliphatic carbocycles. The zero-order valence-corrected chi connectivity index (χ0v) is 28.5. The largest absolute Gasteiger partial charge is 0.497 e. The van der Waals surface area contributed by atoms with E-state index in [0.717, 1.165) is 10.4 Å². The lowest BCUT2D eigenvalue weighted by atomic mass is 9.79. The molecular weight excluding hydrogens is 663 g/mol. The van der Waals surface area contributed by atoms with Crippen molar-refractivity contribution in [3.63, 3.8) is 0 Å². The van der Waals surface area contributed by atoms with Crippen LogP contribution in [0.2, 0.25) is 0 Å². The van der Waals surface area contributed by atoms with E-state index in [-0.39, 0.29) is 47.0 Å². The van der Waals surface area contributed by atoms with Gasteiger partial charge in [-0.25, -0.2) is 27.7 Å². The number of nitrogens with zero attached hydrogens (tertiary/aromatic N) is 5. The Morgan fingerprint density at radius 1 is 0.918 bits per heavy atom. The van der Waals surface area contributed by atoms with E-state index in [9.17, 15) is 21.6 Å². The molecule has 262 valence electrons. The van der Waals surface area contributed by atoms with Crippen molar-refractivity contribution in [2.45, 2.75) is 54.9 Å². The summed E-state index contributed by atoms with van der Waals surface area (Å²) < 4.78 is 92.5. The number of sulfonamides is 1. The second-order valence-corrected chi connectivity index (χ2v) is 13.6. The number of anilines is 1. The number of aromatic nitrogens is 3. The molecule has 0 N–H and O–H groups in total. The Labute approximate surface area is 283 Å². The van der Waals surface area contributed by atoms with Crippen LogP contribution in [-0.2, 0) is 22.7 Å². The van der Waals surface area contributed by atoms with Crippen LogP contribution in [0.3, 0.4) is 0 Å². The Morgan fingerprint density at radius 3 is 2.35 bits per heavy atom. The summed E-state index contributed by atoms with van der Waals surface area (Å²) in [4.78, 5) is 14.3. The molecule has 2 aromatic carbocycles. The fourth-order valence-electron chi connectivity index (χ4n) is 5.99. The van der Waals surface area contributed by atoms with Gasteiger partial charge in [-0.1, -0.05) is 18.2 Å². The normalized spacial score (nSPS) is 18.2. The van der Waals surface area contributed by atoms with E-state index >= 15 is 0 Å². The predicted molar refractivity (Wildman–Crippen MR) is 176 cm³/mol. The lowest BCUT2D eigenvalue weighted by Gasteiger charge is -2.39. The van der Waals surface area contributed by atoms with Crippen LogP contribution < -0.4 is 23.3 Å². The summed E-state index contributed by atoms with van der Waals surface area (Å²) in [6.45, 7) is -0.132. The number of hydrogen-bond acceptors (Lipinski definition) is 10. The third-order valence-corrected chi connectivity index (χ3v) is 10.3. The molecule has 0 aliphatic heterocycles. The number of likely N-dealkylation sites (N-methyl/N-ethyl adjacent to an activating group) is 1. The first kappa shape index (κ1) is 35.7. The minimum atomic E-state index is -4.42. The lowest BCUT2D eigenvalue weighted by Crippen LogP contribution is -2.46. The maximum atomic E-state index is 14.2. The molecule has 0 bridgehead atoms. The van der Waals surface area contributed by atoms with Gasteiger partial charge in [0.2, 0.25) is 0 Å². The van der Waals surface area contributed by atoms with Gasteiger partial charge in [0.1, 0.15) is 34.6 Å². The summed E-state index contributed by atoms with van der Waals surface area (Å²) in [6, 6.07) is 13.2. The topological polar surface area (TPSA) is 116 Å². The predicted octanol–water partition coefficient (Wildman–Crippen LogP) is 5.96. The number of hydrogen-bond donors (Lipinski definition) is 0. The highest BCUT2D eigenvalue weighted by Crippen LogP contribution is 2.40. The second-order valence-electron chi connectivity index (χ2n) is 11.8. The highest BCUT2D eigenvalue weighted by atomic mass is 32.2. The molecule has 4 aromatic rings. The van der Waals surface area contributed by atoms with Crippen molar-refractivity contribution in [3.8, 4) is 23.1 Å². The minimum absolute atomic E-state index is 0.0984. The van der Waals surface area contributed by atoms with Crippen LogP contribution in [0.1, 0.15) is 41.9 Å². The third-order valence-electron chi connectivity index (χ3n) is 8.60. The summed E-state index contributed by atoms with van der Waals surface area (Å²) in [5.74, 6) is 1.19. The van der Waals surface area contributed by atoms with E-state index in [1.165, 1.54) is 64.3 Å². The molecule has 15 heteroatoms. The molecule has 1 aliphatic rings. The van der Waals surface area contributed by atoms with Crippen LogP contribution in [0.15, 0.2) is 78.2 Å². The van der Waals surface area contributed by atoms with Crippen LogP contribution >= 0.6 is 0 Å². The van der Waals surface area contributed by atoms with Crippen molar-refractivity contribution < 1.29 is 40.5 Å². The number of rotatable bonds is 12. The quantitative estimate of drug-likeness (QED) is 0.175. The minimum Gasteiger partial charge on any atom is -0.497 e. The molecular formula is C34H38F3N5O6S. The van der Waals surface area contributed by atoms with Gasteiger partial charge in [-0.2, -0.15) is 13.2 Å². The first-order valence-corrected chi connectivity index (χ1v) is 16.8. The summed E-state index contributed by atoms with van der Waals surface area (Å²) >= 11 is 0. The van der Waals surface area contributed by atoms with E-state index in [4.69, 9.17) is 18.9 Å². The molecule has 0 radical (unpaired) electrons. The van der Waals surface area contributed by atoms with Crippen molar-refractivity contribution >= 4 is 15.8 Å². The van der Waals surface area contributed by atoms with Gasteiger partial charge in [0.25, 0.3) is 15.9 Å². The fraction of sp³-hybridized carbons (Fsp3) is 0.382. The third kappa shape index (κ3) is 7.99. The number of ether oxygens (including phenoxy) is 4. The summed E-state index contributed by atoms with van der Waals surface area (Å²) in [5.41, 5.74) is 0.516. The zero-order chi connectivity index (χ0) is 35.3. The van der Waals surface area contributed by atoms with Gasteiger partial charge in [0.15, 0.2) is 5.75 Å². The molecule has 3 atom stereocenters. The Kier molecular flexibility index (Phi) is 10.8. The SMILES string of the molecule is COc1ccc(CN(c2ccncn2)S(=O)(=O)c2cnc(O[C@H]3CC[C@H](c4cccc(C(F)(F)F)c4)C[C@@H]3N(C)C)c(OC)c2)c(OC)c1. The molecule has 5 rings (SSSR count). The van der Waals surface area contributed by atoms with Crippen LogP contribution in [0, 0.1) is 0 Å². The lowest BCUT2D eigenvalue weighted by molar-refractivity contribution is -0.137. The first-order valence-electron chi connectivity index (χ1n) is 15.4. The van der Waals surface area contributed by atoms with E-state index in [1.54, 1.807) is 24.3 Å². The van der Waals surface area contributed by atoms with Crippen LogP contribution in [0.4, 0.5) is 19.0 Å². The second kappa shape index (κ2) is 14.9. The standard InChI is InChI=1S/C34H38F3N5O6S/c1-41(2)28-16-23(22-7-6-8-25(15-22)34(35,36)37)10-12-29(28)48-33-31(47-5)18-27(19-39-33)49(43,44)42(32-13-14-38-21-40-32)20-24-9-11-26(45-3)17-30(24)46-4/h6-9,11,13-15,17-19,21,23,28-29H,10,12,16,20H2,1-5H3/t23-,28-,29-/m0/s1. The number of halogens is 3.